The lowest BCUT2D eigenvalue weighted by atomic mass is 10.1. The third kappa shape index (κ3) is 5.39. The Morgan fingerprint density at radius 1 is 1.40 bits per heavy atom. The number of nitrogens with one attached hydrogen (secondary N) is 1. The number of anilines is 1. The standard InChI is InChI=1S/C15H24ClN3O/c1-3-5-8-19(11-15(17)20)14-7-6-13(16)9-12(14)10-18-4-2/h6-7,9,18H,3-5,8,10-11H2,1-2H3,(H2,17,20). The van der Waals surface area contributed by atoms with Gasteiger partial charge in [-0.25, -0.2) is 0 Å². The van der Waals surface area contributed by atoms with Crippen LogP contribution in [0.15, 0.2) is 18.2 Å². The topological polar surface area (TPSA) is 58.4 Å². The van der Waals surface area contributed by atoms with E-state index in [1.807, 2.05) is 23.1 Å². The van der Waals surface area contributed by atoms with E-state index in [0.29, 0.717) is 5.02 Å². The zero-order valence-electron chi connectivity index (χ0n) is 12.3. The Bertz CT molecular complexity index is 437. The lowest BCUT2D eigenvalue weighted by Gasteiger charge is -2.26. The van der Waals surface area contributed by atoms with Gasteiger partial charge in [0.15, 0.2) is 0 Å². The molecule has 4 nitrogen and oxygen atoms in total. The molecule has 0 saturated heterocycles. The Morgan fingerprint density at radius 2 is 2.15 bits per heavy atom. The molecule has 0 radical (unpaired) electrons. The maximum atomic E-state index is 11.3. The fourth-order valence-electron chi connectivity index (χ4n) is 2.09. The van der Waals surface area contributed by atoms with Gasteiger partial charge in [0, 0.05) is 23.8 Å². The Hall–Kier alpha value is -1.26. The van der Waals surface area contributed by atoms with Gasteiger partial charge in [0.2, 0.25) is 5.91 Å². The molecular formula is C15H24ClN3O. The van der Waals surface area contributed by atoms with Crippen LogP contribution in [0.25, 0.3) is 0 Å². The van der Waals surface area contributed by atoms with Gasteiger partial charge in [0.25, 0.3) is 0 Å². The number of nitrogens with zero attached hydrogens (tertiary/aromatic N) is 1. The second-order valence-electron chi connectivity index (χ2n) is 4.79. The van der Waals surface area contributed by atoms with Crippen LogP contribution in [0.2, 0.25) is 5.02 Å². The fraction of sp³-hybridized carbons (Fsp3) is 0.533. The van der Waals surface area contributed by atoms with E-state index < -0.39 is 0 Å². The third-order valence-electron chi connectivity index (χ3n) is 3.08. The number of carbonyl (C=O) groups excluding carboxylic acids is 1. The highest BCUT2D eigenvalue weighted by molar-refractivity contribution is 6.30. The highest BCUT2D eigenvalue weighted by Gasteiger charge is 2.13. The van der Waals surface area contributed by atoms with Crippen LogP contribution in [0.4, 0.5) is 5.69 Å². The minimum absolute atomic E-state index is 0.237. The van der Waals surface area contributed by atoms with Crippen molar-refractivity contribution in [2.75, 3.05) is 24.5 Å². The van der Waals surface area contributed by atoms with Crippen LogP contribution in [0.3, 0.4) is 0 Å². The Labute approximate surface area is 126 Å². The zero-order chi connectivity index (χ0) is 15.0. The minimum Gasteiger partial charge on any atom is -0.368 e. The summed E-state index contributed by atoms with van der Waals surface area (Å²) in [5.41, 5.74) is 7.48. The Balaban J connectivity index is 2.99. The molecule has 0 aromatic heterocycles. The van der Waals surface area contributed by atoms with Crippen LogP contribution in [0.5, 0.6) is 0 Å². The summed E-state index contributed by atoms with van der Waals surface area (Å²) in [5, 5.41) is 4.00. The van der Waals surface area contributed by atoms with Crippen molar-refractivity contribution in [3.63, 3.8) is 0 Å². The molecule has 0 heterocycles. The van der Waals surface area contributed by atoms with Gasteiger partial charge in [0.05, 0.1) is 6.54 Å². The third-order valence-corrected chi connectivity index (χ3v) is 3.31. The molecule has 0 saturated carbocycles. The van der Waals surface area contributed by atoms with Crippen LogP contribution in [0.1, 0.15) is 32.3 Å². The Kier molecular flexibility index (Phi) is 7.41. The van der Waals surface area contributed by atoms with Crippen molar-refractivity contribution >= 4 is 23.2 Å². The highest BCUT2D eigenvalue weighted by atomic mass is 35.5. The van der Waals surface area contributed by atoms with Gasteiger partial charge < -0.3 is 16.0 Å². The predicted octanol–water partition coefficient (Wildman–Crippen LogP) is 2.54. The SMILES string of the molecule is CCCCN(CC(N)=O)c1ccc(Cl)cc1CNCC. The first-order chi connectivity index (χ1) is 9.58. The van der Waals surface area contributed by atoms with Crippen molar-refractivity contribution in [2.45, 2.75) is 33.2 Å². The molecule has 0 aliphatic heterocycles. The second kappa shape index (κ2) is 8.82. The monoisotopic (exact) mass is 297 g/mol. The van der Waals surface area contributed by atoms with Gasteiger partial charge >= 0.3 is 0 Å². The van der Waals surface area contributed by atoms with E-state index in [9.17, 15) is 4.79 Å². The molecule has 1 amide bonds. The summed E-state index contributed by atoms with van der Waals surface area (Å²) in [6.07, 6.45) is 2.10. The number of benzene rings is 1. The quantitative estimate of drug-likeness (QED) is 0.736. The van der Waals surface area contributed by atoms with Gasteiger partial charge in [0.1, 0.15) is 0 Å². The van der Waals surface area contributed by atoms with Crippen LogP contribution < -0.4 is 16.0 Å². The number of hydrogen-bond donors (Lipinski definition) is 2. The zero-order valence-corrected chi connectivity index (χ0v) is 13.0. The van der Waals surface area contributed by atoms with Gasteiger partial charge in [-0.15, -0.1) is 0 Å². The Morgan fingerprint density at radius 3 is 2.75 bits per heavy atom. The lowest BCUT2D eigenvalue weighted by molar-refractivity contribution is -0.116. The molecular weight excluding hydrogens is 274 g/mol. The van der Waals surface area contributed by atoms with Crippen molar-refractivity contribution in [2.24, 2.45) is 5.73 Å². The molecule has 112 valence electrons. The average molecular weight is 298 g/mol. The van der Waals surface area contributed by atoms with E-state index in [1.54, 1.807) is 0 Å². The number of halogens is 1. The first-order valence-corrected chi connectivity index (χ1v) is 7.48. The van der Waals surface area contributed by atoms with Crippen molar-refractivity contribution in [1.29, 1.82) is 0 Å². The van der Waals surface area contributed by atoms with Gasteiger partial charge in [-0.1, -0.05) is 31.9 Å². The summed E-state index contributed by atoms with van der Waals surface area (Å²) in [5.74, 6) is -0.314. The van der Waals surface area contributed by atoms with Crippen LogP contribution >= 0.6 is 11.6 Å². The van der Waals surface area contributed by atoms with Gasteiger partial charge in [-0.2, -0.15) is 0 Å². The van der Waals surface area contributed by atoms with E-state index in [1.165, 1.54) is 0 Å². The molecule has 0 fully saturated rings. The molecule has 1 aromatic carbocycles. The molecule has 1 rings (SSSR count). The fourth-order valence-corrected chi connectivity index (χ4v) is 2.28. The molecule has 0 aliphatic rings. The number of unbranched alkanes of at least 4 members (excludes halogenated alkanes) is 1. The predicted molar refractivity (Wildman–Crippen MR) is 85.1 cm³/mol. The highest BCUT2D eigenvalue weighted by Crippen LogP contribution is 2.24. The van der Waals surface area contributed by atoms with E-state index >= 15 is 0 Å². The summed E-state index contributed by atoms with van der Waals surface area (Å²) in [4.78, 5) is 13.3. The van der Waals surface area contributed by atoms with E-state index in [-0.39, 0.29) is 12.5 Å². The summed E-state index contributed by atoms with van der Waals surface area (Å²) >= 11 is 6.07. The number of primary amides is 1. The summed E-state index contributed by atoms with van der Waals surface area (Å²) < 4.78 is 0. The molecule has 0 bridgehead atoms. The first kappa shape index (κ1) is 16.8. The van der Waals surface area contributed by atoms with Gasteiger partial charge in [-0.3, -0.25) is 4.79 Å². The van der Waals surface area contributed by atoms with Crippen LogP contribution in [0, 0.1) is 0 Å². The normalized spacial score (nSPS) is 10.6. The molecule has 0 atom stereocenters. The number of hydrogen-bond acceptors (Lipinski definition) is 3. The molecule has 20 heavy (non-hydrogen) atoms. The number of nitrogens with two attached hydrogens (primary N) is 1. The minimum atomic E-state index is -0.314. The molecule has 5 heteroatoms. The van der Waals surface area contributed by atoms with Crippen molar-refractivity contribution in [3.8, 4) is 0 Å². The smallest absolute Gasteiger partial charge is 0.236 e. The van der Waals surface area contributed by atoms with E-state index in [4.69, 9.17) is 17.3 Å². The molecule has 3 N–H and O–H groups in total. The number of rotatable bonds is 9. The summed E-state index contributed by atoms with van der Waals surface area (Å²) in [7, 11) is 0. The van der Waals surface area contributed by atoms with Crippen molar-refractivity contribution in [1.82, 2.24) is 5.32 Å². The van der Waals surface area contributed by atoms with E-state index in [0.717, 1.165) is 43.7 Å². The lowest BCUT2D eigenvalue weighted by Crippen LogP contribution is -2.35. The molecule has 0 unspecified atom stereocenters. The van der Waals surface area contributed by atoms with Crippen molar-refractivity contribution < 1.29 is 4.79 Å². The van der Waals surface area contributed by atoms with E-state index in [2.05, 4.69) is 19.2 Å². The second-order valence-corrected chi connectivity index (χ2v) is 5.23. The molecule has 1 aromatic rings. The maximum Gasteiger partial charge on any atom is 0.236 e. The van der Waals surface area contributed by atoms with Crippen molar-refractivity contribution in [3.05, 3.63) is 28.8 Å². The molecule has 0 spiro atoms. The first-order valence-electron chi connectivity index (χ1n) is 7.10. The van der Waals surface area contributed by atoms with Gasteiger partial charge in [-0.05, 0) is 36.7 Å². The average Bonchev–Trinajstić information content (AvgIpc) is 2.41. The van der Waals surface area contributed by atoms with Crippen LogP contribution in [-0.4, -0.2) is 25.5 Å². The summed E-state index contributed by atoms with van der Waals surface area (Å²) in [6, 6.07) is 5.76. The number of amides is 1. The summed E-state index contributed by atoms with van der Waals surface area (Å²) in [6.45, 7) is 6.86. The maximum absolute atomic E-state index is 11.3. The number of carbonyl (C=O) groups is 1. The largest absolute Gasteiger partial charge is 0.368 e. The van der Waals surface area contributed by atoms with Crippen LogP contribution in [-0.2, 0) is 11.3 Å². The molecule has 0 aliphatic carbocycles.